The number of carbonyl (C=O) groups excluding carboxylic acids is 2. The number of amides is 2. The van der Waals surface area contributed by atoms with E-state index in [0.29, 0.717) is 28.2 Å². The standard InChI is InChI=1S/C24H23F2IN4O4/c1-23(2)20-17(18-7-8-28-30-18)11-14(12-19(20)31(9-10-32)22(23)34)21(33)29-15-3-5-16(6-4-15)35-13-24(25,26)27/h3-8,11-12,32H,9-10,13H2,1-2H3,(H,28,30)(H,29,33). The highest BCUT2D eigenvalue weighted by Gasteiger charge is 2.46. The average molecular weight is 596 g/mol. The van der Waals surface area contributed by atoms with Gasteiger partial charge < -0.3 is 20.1 Å². The summed E-state index contributed by atoms with van der Waals surface area (Å²) in [5.41, 5.74) is 2.47. The van der Waals surface area contributed by atoms with Gasteiger partial charge in [-0.3, -0.25) is 14.7 Å². The van der Waals surface area contributed by atoms with Gasteiger partial charge in [0.25, 0.3) is 5.91 Å². The molecule has 2 aromatic carbocycles. The van der Waals surface area contributed by atoms with Crippen LogP contribution in [0.3, 0.4) is 0 Å². The molecule has 0 saturated heterocycles. The van der Waals surface area contributed by atoms with Crippen LogP contribution in [0.4, 0.5) is 20.2 Å². The van der Waals surface area contributed by atoms with Crippen molar-refractivity contribution in [2.45, 2.75) is 23.2 Å². The van der Waals surface area contributed by atoms with Crippen LogP contribution in [-0.2, 0) is 10.2 Å². The lowest BCUT2D eigenvalue weighted by Gasteiger charge is -2.20. The highest BCUT2D eigenvalue weighted by Crippen LogP contribution is 2.47. The Kier molecular flexibility index (Phi) is 6.82. The number of hydrogen-bond acceptors (Lipinski definition) is 5. The Balaban J connectivity index is 1.66. The number of nitrogens with one attached hydrogen (secondary N) is 2. The van der Waals surface area contributed by atoms with Crippen LogP contribution < -0.4 is 15.0 Å². The van der Waals surface area contributed by atoms with E-state index in [1.165, 1.54) is 17.0 Å². The number of aliphatic hydroxyl groups excluding tert-OH is 1. The highest BCUT2D eigenvalue weighted by molar-refractivity contribution is 14.1. The third kappa shape index (κ3) is 5.15. The molecule has 1 aromatic heterocycles. The molecule has 0 atom stereocenters. The van der Waals surface area contributed by atoms with Crippen LogP contribution in [0, 0.1) is 0 Å². The zero-order valence-corrected chi connectivity index (χ0v) is 21.1. The average Bonchev–Trinajstić information content (AvgIpc) is 3.40. The number of β-amino-alcohol motifs (C(OH)–C–C–N with tert-alkyl or cyclic N) is 1. The monoisotopic (exact) mass is 596 g/mol. The first-order valence-corrected chi connectivity index (χ1v) is 11.8. The minimum atomic E-state index is -2.98. The number of rotatable bonds is 8. The fourth-order valence-corrected chi connectivity index (χ4v) is 4.28. The van der Waals surface area contributed by atoms with Crippen molar-refractivity contribution in [3.8, 4) is 17.0 Å². The Morgan fingerprint density at radius 3 is 2.57 bits per heavy atom. The molecule has 1 aliphatic heterocycles. The lowest BCUT2D eigenvalue weighted by atomic mass is 9.81. The van der Waals surface area contributed by atoms with Crippen LogP contribution in [0.1, 0.15) is 29.8 Å². The largest absolute Gasteiger partial charge is 0.486 e. The van der Waals surface area contributed by atoms with Crippen LogP contribution in [0.2, 0.25) is 0 Å². The molecule has 0 aliphatic carbocycles. The number of alkyl halides is 3. The summed E-state index contributed by atoms with van der Waals surface area (Å²) in [5.74, 6) is -0.353. The number of aliphatic hydroxyl groups is 1. The Bertz CT molecular complexity index is 1240. The number of hydrogen-bond donors (Lipinski definition) is 3. The van der Waals surface area contributed by atoms with E-state index in [0.717, 1.165) is 28.2 Å². The van der Waals surface area contributed by atoms with Crippen LogP contribution in [0.25, 0.3) is 11.3 Å². The molecule has 0 saturated carbocycles. The predicted molar refractivity (Wildman–Crippen MR) is 135 cm³/mol. The van der Waals surface area contributed by atoms with E-state index in [1.807, 2.05) is 13.8 Å². The summed E-state index contributed by atoms with van der Waals surface area (Å²) in [5, 5.41) is 19.2. The molecule has 1 aliphatic rings. The van der Waals surface area contributed by atoms with Crippen LogP contribution in [0.15, 0.2) is 48.7 Å². The molecule has 184 valence electrons. The Morgan fingerprint density at radius 1 is 1.26 bits per heavy atom. The first-order valence-electron chi connectivity index (χ1n) is 10.7. The number of benzene rings is 2. The van der Waals surface area contributed by atoms with Crippen molar-refractivity contribution in [3.05, 3.63) is 59.8 Å². The van der Waals surface area contributed by atoms with Crippen molar-refractivity contribution in [3.63, 3.8) is 0 Å². The molecular formula is C24H23F2IN4O4. The van der Waals surface area contributed by atoms with Gasteiger partial charge in [0.15, 0.2) is 6.61 Å². The maximum Gasteiger partial charge on any atom is 0.329 e. The Labute approximate surface area is 213 Å². The molecule has 2 heterocycles. The number of anilines is 2. The molecule has 11 heteroatoms. The third-order valence-electron chi connectivity index (χ3n) is 5.70. The van der Waals surface area contributed by atoms with E-state index in [4.69, 9.17) is 4.74 Å². The van der Waals surface area contributed by atoms with E-state index in [9.17, 15) is 23.5 Å². The topological polar surface area (TPSA) is 108 Å². The number of nitrogens with zero attached hydrogens (tertiary/aromatic N) is 2. The van der Waals surface area contributed by atoms with Gasteiger partial charge in [-0.25, -0.2) is 0 Å². The number of aromatic amines is 1. The lowest BCUT2D eigenvalue weighted by Crippen LogP contribution is -2.37. The van der Waals surface area contributed by atoms with Crippen LogP contribution >= 0.6 is 22.6 Å². The molecule has 0 fully saturated rings. The summed E-state index contributed by atoms with van der Waals surface area (Å²) >= 11 is 1.00. The highest BCUT2D eigenvalue weighted by atomic mass is 127. The van der Waals surface area contributed by atoms with Crippen molar-refractivity contribution >= 4 is 45.8 Å². The van der Waals surface area contributed by atoms with E-state index in [-0.39, 0.29) is 24.8 Å². The number of fused-ring (bicyclic) bond motifs is 1. The minimum absolute atomic E-state index is 0.0977. The number of aromatic nitrogens is 2. The van der Waals surface area contributed by atoms with Crippen molar-refractivity contribution in [1.82, 2.24) is 10.2 Å². The molecule has 8 nitrogen and oxygen atoms in total. The number of H-pyrrole nitrogens is 1. The lowest BCUT2D eigenvalue weighted by molar-refractivity contribution is -0.122. The molecule has 35 heavy (non-hydrogen) atoms. The summed E-state index contributed by atoms with van der Waals surface area (Å²) in [4.78, 5) is 27.8. The first-order chi connectivity index (χ1) is 16.5. The van der Waals surface area contributed by atoms with Gasteiger partial charge in [-0.05, 0) is 56.3 Å². The first kappa shape index (κ1) is 25.0. The second-order valence-corrected chi connectivity index (χ2v) is 10.2. The van der Waals surface area contributed by atoms with Crippen molar-refractivity contribution < 1.29 is 28.2 Å². The number of halogens is 3. The van der Waals surface area contributed by atoms with E-state index in [2.05, 4.69) is 15.5 Å². The Morgan fingerprint density at radius 2 is 1.97 bits per heavy atom. The fourth-order valence-electron chi connectivity index (χ4n) is 4.12. The van der Waals surface area contributed by atoms with Crippen LogP contribution in [0.5, 0.6) is 5.75 Å². The van der Waals surface area contributed by atoms with Gasteiger partial charge in [-0.2, -0.15) is 13.9 Å². The van der Waals surface area contributed by atoms with Gasteiger partial charge in [0.2, 0.25) is 5.91 Å². The van der Waals surface area contributed by atoms with E-state index >= 15 is 0 Å². The summed E-state index contributed by atoms with van der Waals surface area (Å²) in [6.45, 7) is 2.73. The summed E-state index contributed by atoms with van der Waals surface area (Å²) in [6.07, 6.45) is 1.58. The second-order valence-electron chi connectivity index (χ2n) is 8.58. The quantitative estimate of drug-likeness (QED) is 0.265. The predicted octanol–water partition coefficient (Wildman–Crippen LogP) is 4.35. The molecule has 3 N–H and O–H groups in total. The van der Waals surface area contributed by atoms with Gasteiger partial charge in [0.05, 0.1) is 17.7 Å². The van der Waals surface area contributed by atoms with Gasteiger partial charge in [0.1, 0.15) is 5.75 Å². The minimum Gasteiger partial charge on any atom is -0.486 e. The van der Waals surface area contributed by atoms with Gasteiger partial charge >= 0.3 is 3.93 Å². The molecule has 3 aromatic rings. The Hall–Kier alpha value is -3.06. The molecule has 0 bridgehead atoms. The van der Waals surface area contributed by atoms with Crippen molar-refractivity contribution in [2.24, 2.45) is 0 Å². The fraction of sp³-hybridized carbons (Fsp3) is 0.292. The maximum atomic E-state index is 13.2. The molecule has 0 radical (unpaired) electrons. The summed E-state index contributed by atoms with van der Waals surface area (Å²) in [6, 6.07) is 11.1. The molecular weight excluding hydrogens is 573 g/mol. The normalized spacial score (nSPS) is 14.7. The van der Waals surface area contributed by atoms with E-state index < -0.39 is 21.9 Å². The SMILES string of the molecule is CC1(C)C(=O)N(CCO)c2cc(C(=O)Nc3ccc(OCC(F)(F)I)cc3)cc(-c3ccn[nH]3)c21. The third-order valence-corrected chi connectivity index (χ3v) is 6.02. The number of ether oxygens (including phenoxy) is 1. The second kappa shape index (κ2) is 9.53. The zero-order chi connectivity index (χ0) is 25.4. The molecule has 0 unspecified atom stereocenters. The molecule has 0 spiro atoms. The van der Waals surface area contributed by atoms with Gasteiger partial charge in [-0.1, -0.05) is 0 Å². The molecule has 2 amide bonds. The van der Waals surface area contributed by atoms with Crippen molar-refractivity contribution in [2.75, 3.05) is 30.0 Å². The summed E-state index contributed by atoms with van der Waals surface area (Å²) < 4.78 is 28.0. The van der Waals surface area contributed by atoms with Gasteiger partial charge in [0, 0.05) is 63.4 Å². The van der Waals surface area contributed by atoms with Crippen LogP contribution in [-0.4, -0.2) is 50.8 Å². The zero-order valence-electron chi connectivity index (χ0n) is 18.9. The molecule has 4 rings (SSSR count). The summed E-state index contributed by atoms with van der Waals surface area (Å²) in [7, 11) is 0. The number of carbonyl (C=O) groups is 2. The van der Waals surface area contributed by atoms with Gasteiger partial charge in [-0.15, -0.1) is 0 Å². The smallest absolute Gasteiger partial charge is 0.329 e. The van der Waals surface area contributed by atoms with E-state index in [1.54, 1.807) is 36.5 Å². The maximum absolute atomic E-state index is 13.2. The van der Waals surface area contributed by atoms with Crippen molar-refractivity contribution in [1.29, 1.82) is 0 Å².